The molecule has 3 N–H and O–H groups in total. The number of amides is 1. The van der Waals surface area contributed by atoms with Gasteiger partial charge in [0.15, 0.2) is 0 Å². The summed E-state index contributed by atoms with van der Waals surface area (Å²) in [5.74, 6) is -1.91. The van der Waals surface area contributed by atoms with E-state index < -0.39 is 23.2 Å². The van der Waals surface area contributed by atoms with Crippen LogP contribution >= 0.6 is 0 Å². The number of ether oxygens (including phenoxy) is 1. The van der Waals surface area contributed by atoms with Crippen molar-refractivity contribution in [2.75, 3.05) is 13.7 Å². The minimum Gasteiger partial charge on any atom is -0.481 e. The minimum atomic E-state index is -1.04. The highest BCUT2D eigenvalue weighted by molar-refractivity contribution is 5.98. The zero-order chi connectivity index (χ0) is 16.3. The fourth-order valence-electron chi connectivity index (χ4n) is 2.35. The van der Waals surface area contributed by atoms with Crippen molar-refractivity contribution in [3.8, 4) is 0 Å². The van der Waals surface area contributed by atoms with E-state index in [9.17, 15) is 14.0 Å². The Bertz CT molecular complexity index is 713. The molecule has 0 saturated heterocycles. The molecule has 118 valence electrons. The van der Waals surface area contributed by atoms with Gasteiger partial charge in [-0.05, 0) is 31.2 Å². The van der Waals surface area contributed by atoms with Crippen LogP contribution < -0.4 is 5.32 Å². The van der Waals surface area contributed by atoms with E-state index in [4.69, 9.17) is 9.84 Å². The van der Waals surface area contributed by atoms with Gasteiger partial charge in [0.1, 0.15) is 11.5 Å². The van der Waals surface area contributed by atoms with E-state index in [1.54, 1.807) is 6.92 Å². The molecule has 1 unspecified atom stereocenters. The molecular weight excluding hydrogens is 291 g/mol. The van der Waals surface area contributed by atoms with Crippen LogP contribution in [0.15, 0.2) is 24.3 Å². The zero-order valence-corrected chi connectivity index (χ0v) is 12.3. The standard InChI is InChI=1S/C15H17FN2O4/c1-15(8-22-2,7-13(19)20)18-14(21)12-6-9-5-10(16)3-4-11(9)17-12/h3-6,17H,7-8H2,1-2H3,(H,18,21)(H,19,20). The molecule has 0 bridgehead atoms. The van der Waals surface area contributed by atoms with E-state index >= 15 is 0 Å². The van der Waals surface area contributed by atoms with Gasteiger partial charge in [-0.2, -0.15) is 0 Å². The fourth-order valence-corrected chi connectivity index (χ4v) is 2.35. The summed E-state index contributed by atoms with van der Waals surface area (Å²) in [5.41, 5.74) is -0.188. The first kappa shape index (κ1) is 16.0. The van der Waals surface area contributed by atoms with Crippen molar-refractivity contribution in [2.24, 2.45) is 0 Å². The fraction of sp³-hybridized carbons (Fsp3) is 0.333. The zero-order valence-electron chi connectivity index (χ0n) is 12.3. The van der Waals surface area contributed by atoms with E-state index in [1.165, 1.54) is 31.4 Å². The lowest BCUT2D eigenvalue weighted by atomic mass is 9.98. The van der Waals surface area contributed by atoms with Crippen LogP contribution in [-0.4, -0.2) is 41.2 Å². The molecule has 7 heteroatoms. The number of benzene rings is 1. The lowest BCUT2D eigenvalue weighted by Gasteiger charge is -2.28. The number of carboxylic acid groups (broad SMARTS) is 1. The number of aromatic nitrogens is 1. The van der Waals surface area contributed by atoms with Gasteiger partial charge in [0.05, 0.1) is 18.6 Å². The third-order valence-corrected chi connectivity index (χ3v) is 3.25. The number of hydrogen-bond acceptors (Lipinski definition) is 3. The van der Waals surface area contributed by atoms with Crippen molar-refractivity contribution in [3.63, 3.8) is 0 Å². The lowest BCUT2D eigenvalue weighted by molar-refractivity contribution is -0.139. The second kappa shape index (κ2) is 6.15. The summed E-state index contributed by atoms with van der Waals surface area (Å²) in [6, 6.07) is 5.66. The minimum absolute atomic E-state index is 0.0555. The molecule has 1 atom stereocenters. The first-order valence-electron chi connectivity index (χ1n) is 6.64. The average molecular weight is 308 g/mol. The highest BCUT2D eigenvalue weighted by Gasteiger charge is 2.30. The van der Waals surface area contributed by atoms with Crippen molar-refractivity contribution in [1.29, 1.82) is 0 Å². The maximum Gasteiger partial charge on any atom is 0.305 e. The van der Waals surface area contributed by atoms with Crippen LogP contribution in [0.5, 0.6) is 0 Å². The van der Waals surface area contributed by atoms with Gasteiger partial charge < -0.3 is 20.1 Å². The number of nitrogens with one attached hydrogen (secondary N) is 2. The van der Waals surface area contributed by atoms with Crippen LogP contribution in [0.4, 0.5) is 4.39 Å². The number of hydrogen-bond donors (Lipinski definition) is 3. The van der Waals surface area contributed by atoms with Crippen LogP contribution in [0.25, 0.3) is 10.9 Å². The molecule has 22 heavy (non-hydrogen) atoms. The molecule has 2 rings (SSSR count). The van der Waals surface area contributed by atoms with Crippen LogP contribution in [0.1, 0.15) is 23.8 Å². The van der Waals surface area contributed by atoms with Gasteiger partial charge in [-0.1, -0.05) is 0 Å². The number of aromatic amines is 1. The van der Waals surface area contributed by atoms with E-state index in [2.05, 4.69) is 10.3 Å². The Labute approximate surface area is 126 Å². The second-order valence-electron chi connectivity index (χ2n) is 5.43. The number of carbonyl (C=O) groups is 2. The Balaban J connectivity index is 2.22. The predicted octanol–water partition coefficient (Wildman–Crippen LogP) is 1.92. The number of aliphatic carboxylic acids is 1. The van der Waals surface area contributed by atoms with Crippen LogP contribution in [0.2, 0.25) is 0 Å². The molecule has 2 aromatic rings. The smallest absolute Gasteiger partial charge is 0.305 e. The Hall–Kier alpha value is -2.41. The van der Waals surface area contributed by atoms with Crippen molar-refractivity contribution in [2.45, 2.75) is 18.9 Å². The lowest BCUT2D eigenvalue weighted by Crippen LogP contribution is -2.50. The molecule has 1 amide bonds. The van der Waals surface area contributed by atoms with Crippen molar-refractivity contribution in [1.82, 2.24) is 10.3 Å². The maximum absolute atomic E-state index is 13.2. The van der Waals surface area contributed by atoms with Gasteiger partial charge in [-0.3, -0.25) is 9.59 Å². The second-order valence-corrected chi connectivity index (χ2v) is 5.43. The van der Waals surface area contributed by atoms with Crippen molar-refractivity contribution < 1.29 is 23.8 Å². The van der Waals surface area contributed by atoms with Gasteiger partial charge in [0, 0.05) is 18.0 Å². The van der Waals surface area contributed by atoms with Gasteiger partial charge in [-0.25, -0.2) is 4.39 Å². The Morgan fingerprint density at radius 1 is 1.41 bits per heavy atom. The molecule has 1 aromatic heterocycles. The SMILES string of the molecule is COCC(C)(CC(=O)O)NC(=O)c1cc2cc(F)ccc2[nH]1. The van der Waals surface area contributed by atoms with Gasteiger partial charge in [0.25, 0.3) is 5.91 Å². The van der Waals surface area contributed by atoms with Crippen molar-refractivity contribution >= 4 is 22.8 Å². The first-order chi connectivity index (χ1) is 10.3. The molecule has 0 aliphatic heterocycles. The van der Waals surface area contributed by atoms with Crippen LogP contribution in [0, 0.1) is 5.82 Å². The topological polar surface area (TPSA) is 91.4 Å². The molecule has 6 nitrogen and oxygen atoms in total. The maximum atomic E-state index is 13.2. The normalized spacial score (nSPS) is 13.8. The first-order valence-corrected chi connectivity index (χ1v) is 6.64. The largest absolute Gasteiger partial charge is 0.481 e. The van der Waals surface area contributed by atoms with E-state index in [1.807, 2.05) is 0 Å². The molecule has 1 aromatic carbocycles. The monoisotopic (exact) mass is 308 g/mol. The number of fused-ring (bicyclic) bond motifs is 1. The summed E-state index contributed by atoms with van der Waals surface area (Å²) in [6.45, 7) is 1.64. The molecule has 0 spiro atoms. The third-order valence-electron chi connectivity index (χ3n) is 3.25. The number of halogens is 1. The summed E-state index contributed by atoms with van der Waals surface area (Å²) < 4.78 is 18.1. The molecule has 1 heterocycles. The highest BCUT2D eigenvalue weighted by Crippen LogP contribution is 2.18. The van der Waals surface area contributed by atoms with E-state index in [-0.39, 0.29) is 18.7 Å². The number of carbonyl (C=O) groups excluding carboxylic acids is 1. The van der Waals surface area contributed by atoms with E-state index in [0.717, 1.165) is 0 Å². The van der Waals surface area contributed by atoms with Crippen molar-refractivity contribution in [3.05, 3.63) is 35.8 Å². The Morgan fingerprint density at radius 3 is 2.77 bits per heavy atom. The molecule has 0 saturated carbocycles. The van der Waals surface area contributed by atoms with Gasteiger partial charge >= 0.3 is 5.97 Å². The quantitative estimate of drug-likeness (QED) is 0.760. The predicted molar refractivity (Wildman–Crippen MR) is 78.3 cm³/mol. The number of methoxy groups -OCH3 is 1. The molecule has 0 fully saturated rings. The number of H-pyrrole nitrogens is 1. The number of rotatable bonds is 6. The van der Waals surface area contributed by atoms with E-state index in [0.29, 0.717) is 10.9 Å². The summed E-state index contributed by atoms with van der Waals surface area (Å²) in [5, 5.41) is 12.2. The van der Waals surface area contributed by atoms with Crippen LogP contribution in [-0.2, 0) is 9.53 Å². The molecule has 0 aliphatic carbocycles. The van der Waals surface area contributed by atoms with Gasteiger partial charge in [0.2, 0.25) is 0 Å². The summed E-state index contributed by atoms with van der Waals surface area (Å²) in [7, 11) is 1.43. The molecule has 0 radical (unpaired) electrons. The summed E-state index contributed by atoms with van der Waals surface area (Å²) in [6.07, 6.45) is -0.276. The Kier molecular flexibility index (Phi) is 4.46. The molecule has 0 aliphatic rings. The van der Waals surface area contributed by atoms with Gasteiger partial charge in [-0.15, -0.1) is 0 Å². The summed E-state index contributed by atoms with van der Waals surface area (Å²) >= 11 is 0. The highest BCUT2D eigenvalue weighted by atomic mass is 19.1. The number of carboxylic acids is 1. The van der Waals surface area contributed by atoms with Crippen LogP contribution in [0.3, 0.4) is 0 Å². The Morgan fingerprint density at radius 2 is 2.14 bits per heavy atom. The summed E-state index contributed by atoms with van der Waals surface area (Å²) in [4.78, 5) is 26.1. The third kappa shape index (κ3) is 3.62. The average Bonchev–Trinajstić information content (AvgIpc) is 2.80. The molecular formula is C15H17FN2O4.